The molecule has 0 bridgehead atoms. The number of aromatic nitrogens is 1. The molecule has 0 aliphatic heterocycles. The van der Waals surface area contributed by atoms with Crippen molar-refractivity contribution in [3.63, 3.8) is 0 Å². The average Bonchev–Trinajstić information content (AvgIpc) is 3.10. The molecule has 2 N–H and O–H groups in total. The fourth-order valence-electron chi connectivity index (χ4n) is 2.44. The average molecular weight is 303 g/mol. The molecule has 0 fully saturated rings. The molecule has 0 atom stereocenters. The Bertz CT molecular complexity index is 725. The lowest BCUT2D eigenvalue weighted by Gasteiger charge is -2.16. The third-order valence-corrected chi connectivity index (χ3v) is 3.53. The molecule has 0 saturated heterocycles. The van der Waals surface area contributed by atoms with E-state index in [-0.39, 0.29) is 5.91 Å². The number of carbonyl (C=O) groups is 1. The van der Waals surface area contributed by atoms with Crippen LogP contribution >= 0.6 is 0 Å². The van der Waals surface area contributed by atoms with Gasteiger partial charge in [-0.2, -0.15) is 5.10 Å². The Kier molecular flexibility index (Phi) is 4.64. The van der Waals surface area contributed by atoms with Gasteiger partial charge in [0.25, 0.3) is 5.91 Å². The van der Waals surface area contributed by atoms with E-state index in [0.29, 0.717) is 0 Å². The molecule has 4 nitrogen and oxygen atoms in total. The predicted octanol–water partition coefficient (Wildman–Crippen LogP) is 3.30. The second-order valence-corrected chi connectivity index (χ2v) is 5.11. The zero-order valence-electron chi connectivity index (χ0n) is 12.5. The molecular formula is C19H17N3O. The summed E-state index contributed by atoms with van der Waals surface area (Å²) in [6.07, 6.45) is 3.39. The second-order valence-electron chi connectivity index (χ2n) is 5.11. The number of hydrogen-bond donors (Lipinski definition) is 2. The molecule has 1 heterocycles. The molecule has 0 spiro atoms. The number of nitrogens with zero attached hydrogens (tertiary/aromatic N) is 1. The lowest BCUT2D eigenvalue weighted by molar-refractivity contribution is -0.121. The van der Waals surface area contributed by atoms with E-state index in [1.165, 1.54) is 0 Å². The Labute approximate surface area is 134 Å². The van der Waals surface area contributed by atoms with Crippen molar-refractivity contribution in [3.05, 3.63) is 95.8 Å². The normalized spacial score (nSPS) is 11.0. The number of rotatable bonds is 5. The summed E-state index contributed by atoms with van der Waals surface area (Å²) < 4.78 is 0. The summed E-state index contributed by atoms with van der Waals surface area (Å²) in [6.45, 7) is 0. The summed E-state index contributed by atoms with van der Waals surface area (Å²) in [7, 11) is 0. The van der Waals surface area contributed by atoms with Crippen LogP contribution in [0.3, 0.4) is 0 Å². The maximum Gasteiger partial charge on any atom is 0.252 e. The minimum absolute atomic E-state index is 0.162. The van der Waals surface area contributed by atoms with Gasteiger partial charge >= 0.3 is 0 Å². The molecule has 3 rings (SSSR count). The minimum Gasteiger partial charge on any atom is -0.360 e. The van der Waals surface area contributed by atoms with Gasteiger partial charge < -0.3 is 4.98 Å². The van der Waals surface area contributed by atoms with Crippen LogP contribution in [0, 0.1) is 0 Å². The smallest absolute Gasteiger partial charge is 0.252 e. The topological polar surface area (TPSA) is 57.2 Å². The summed E-state index contributed by atoms with van der Waals surface area (Å²) in [5, 5.41) is 4.03. The zero-order valence-corrected chi connectivity index (χ0v) is 12.5. The highest BCUT2D eigenvalue weighted by molar-refractivity contribution is 5.88. The fourth-order valence-corrected chi connectivity index (χ4v) is 2.44. The van der Waals surface area contributed by atoms with Crippen LogP contribution in [0.25, 0.3) is 0 Å². The molecule has 0 unspecified atom stereocenters. The van der Waals surface area contributed by atoms with E-state index < -0.39 is 5.92 Å². The summed E-state index contributed by atoms with van der Waals surface area (Å²) in [4.78, 5) is 15.6. The van der Waals surface area contributed by atoms with Crippen molar-refractivity contribution < 1.29 is 4.79 Å². The van der Waals surface area contributed by atoms with E-state index in [4.69, 9.17) is 0 Å². The largest absolute Gasteiger partial charge is 0.360 e. The fraction of sp³-hybridized carbons (Fsp3) is 0.0526. The van der Waals surface area contributed by atoms with Crippen molar-refractivity contribution in [3.8, 4) is 0 Å². The third kappa shape index (κ3) is 3.74. The summed E-state index contributed by atoms with van der Waals surface area (Å²) in [5.74, 6) is -0.552. The van der Waals surface area contributed by atoms with Crippen LogP contribution in [0.4, 0.5) is 0 Å². The molecule has 1 amide bonds. The highest BCUT2D eigenvalue weighted by atomic mass is 16.2. The highest BCUT2D eigenvalue weighted by Gasteiger charge is 2.22. The first-order valence-electron chi connectivity index (χ1n) is 7.41. The van der Waals surface area contributed by atoms with E-state index in [2.05, 4.69) is 15.5 Å². The van der Waals surface area contributed by atoms with Crippen molar-refractivity contribution >= 4 is 12.1 Å². The molecule has 2 aromatic carbocycles. The van der Waals surface area contributed by atoms with E-state index in [1.54, 1.807) is 12.4 Å². The lowest BCUT2D eigenvalue weighted by atomic mass is 9.91. The molecule has 4 heteroatoms. The molecule has 114 valence electrons. The second kappa shape index (κ2) is 7.22. The van der Waals surface area contributed by atoms with Crippen molar-refractivity contribution in [2.75, 3.05) is 0 Å². The van der Waals surface area contributed by atoms with Crippen LogP contribution in [0.1, 0.15) is 22.7 Å². The van der Waals surface area contributed by atoms with Gasteiger partial charge in [0.1, 0.15) is 0 Å². The first-order chi connectivity index (χ1) is 11.3. The molecule has 0 aliphatic carbocycles. The van der Waals surface area contributed by atoms with Gasteiger partial charge in [0.2, 0.25) is 0 Å². The van der Waals surface area contributed by atoms with E-state index in [1.807, 2.05) is 72.8 Å². The summed E-state index contributed by atoms with van der Waals surface area (Å²) in [6, 6.07) is 23.2. The van der Waals surface area contributed by atoms with Gasteiger partial charge in [-0.3, -0.25) is 4.79 Å². The van der Waals surface area contributed by atoms with Gasteiger partial charge in [-0.15, -0.1) is 0 Å². The zero-order chi connectivity index (χ0) is 15.9. The van der Waals surface area contributed by atoms with Crippen LogP contribution in [0.15, 0.2) is 84.1 Å². The van der Waals surface area contributed by atoms with Gasteiger partial charge in [-0.1, -0.05) is 60.7 Å². The van der Waals surface area contributed by atoms with Gasteiger partial charge in [-0.25, -0.2) is 5.43 Å². The minimum atomic E-state index is -0.391. The number of amides is 1. The summed E-state index contributed by atoms with van der Waals surface area (Å²) >= 11 is 0. The monoisotopic (exact) mass is 303 g/mol. The lowest BCUT2D eigenvalue weighted by Crippen LogP contribution is -2.26. The Morgan fingerprint density at radius 1 is 0.913 bits per heavy atom. The first-order valence-corrected chi connectivity index (χ1v) is 7.41. The Morgan fingerprint density at radius 2 is 1.52 bits per heavy atom. The van der Waals surface area contributed by atoms with Gasteiger partial charge in [0.05, 0.1) is 17.8 Å². The quantitative estimate of drug-likeness (QED) is 0.551. The van der Waals surface area contributed by atoms with Crippen molar-refractivity contribution in [1.29, 1.82) is 0 Å². The summed E-state index contributed by atoms with van der Waals surface area (Å²) in [5.41, 5.74) is 5.34. The molecule has 0 radical (unpaired) electrons. The Morgan fingerprint density at radius 3 is 2.04 bits per heavy atom. The van der Waals surface area contributed by atoms with E-state index >= 15 is 0 Å². The van der Waals surface area contributed by atoms with Crippen LogP contribution in [-0.2, 0) is 4.79 Å². The number of aromatic amines is 1. The molecule has 0 aliphatic rings. The first kappa shape index (κ1) is 14.8. The maximum atomic E-state index is 12.6. The van der Waals surface area contributed by atoms with Crippen molar-refractivity contribution in [2.24, 2.45) is 5.10 Å². The van der Waals surface area contributed by atoms with Crippen LogP contribution in [-0.4, -0.2) is 17.1 Å². The SMILES string of the molecule is O=C(NN=Cc1ccc[nH]1)C(c1ccccc1)c1ccccc1. The standard InChI is InChI=1S/C19H17N3O/c23-19(22-21-14-17-12-7-13-20-17)18(15-8-3-1-4-9-15)16-10-5-2-6-11-16/h1-14,18,20H,(H,22,23). The van der Waals surface area contributed by atoms with Crippen LogP contribution in [0.2, 0.25) is 0 Å². The van der Waals surface area contributed by atoms with Crippen molar-refractivity contribution in [1.82, 2.24) is 10.4 Å². The molecule has 23 heavy (non-hydrogen) atoms. The Balaban J connectivity index is 1.82. The highest BCUT2D eigenvalue weighted by Crippen LogP contribution is 2.24. The van der Waals surface area contributed by atoms with Gasteiger partial charge in [0, 0.05) is 6.20 Å². The van der Waals surface area contributed by atoms with Gasteiger partial charge in [-0.05, 0) is 23.3 Å². The third-order valence-electron chi connectivity index (χ3n) is 3.53. The molecule has 0 saturated carbocycles. The molecular weight excluding hydrogens is 286 g/mol. The number of benzene rings is 2. The molecule has 1 aromatic heterocycles. The van der Waals surface area contributed by atoms with Crippen molar-refractivity contribution in [2.45, 2.75) is 5.92 Å². The number of nitrogens with one attached hydrogen (secondary N) is 2. The maximum absolute atomic E-state index is 12.6. The van der Waals surface area contributed by atoms with E-state index in [0.717, 1.165) is 16.8 Å². The van der Waals surface area contributed by atoms with Crippen LogP contribution < -0.4 is 5.43 Å². The number of H-pyrrole nitrogens is 1. The Hall–Kier alpha value is -3.14. The molecule has 3 aromatic rings. The van der Waals surface area contributed by atoms with Gasteiger partial charge in [0.15, 0.2) is 0 Å². The number of carbonyl (C=O) groups excluding carboxylic acids is 1. The predicted molar refractivity (Wildman–Crippen MR) is 91.3 cm³/mol. The number of hydrazone groups is 1. The van der Waals surface area contributed by atoms with Crippen LogP contribution in [0.5, 0.6) is 0 Å². The number of hydrogen-bond acceptors (Lipinski definition) is 2. The van der Waals surface area contributed by atoms with E-state index in [9.17, 15) is 4.79 Å².